The van der Waals surface area contributed by atoms with Gasteiger partial charge in [0.15, 0.2) is 0 Å². The van der Waals surface area contributed by atoms with Gasteiger partial charge >= 0.3 is 0 Å². The number of ether oxygens (including phenoxy) is 2. The molecule has 0 unspecified atom stereocenters. The molecular weight excluding hydrogens is 440 g/mol. The molecule has 0 radical (unpaired) electrons. The van der Waals surface area contributed by atoms with E-state index in [1.54, 1.807) is 0 Å². The number of benzene rings is 2. The van der Waals surface area contributed by atoms with Crippen LogP contribution >= 0.6 is 0 Å². The van der Waals surface area contributed by atoms with Crippen molar-refractivity contribution in [2.45, 2.75) is 139 Å². The lowest BCUT2D eigenvalue weighted by atomic mass is 9.78. The van der Waals surface area contributed by atoms with Crippen molar-refractivity contribution in [3.05, 3.63) is 57.6 Å². The molecule has 0 aromatic heterocycles. The van der Waals surface area contributed by atoms with Crippen molar-refractivity contribution in [2.75, 3.05) is 0 Å². The molecule has 0 bridgehead atoms. The van der Waals surface area contributed by atoms with Gasteiger partial charge < -0.3 is 9.47 Å². The first-order valence-corrected chi connectivity index (χ1v) is 13.7. The molecule has 2 rings (SSSR count). The third kappa shape index (κ3) is 7.08. The minimum absolute atomic E-state index is 0.0557. The van der Waals surface area contributed by atoms with E-state index in [4.69, 9.17) is 9.47 Å². The molecule has 0 spiro atoms. The van der Waals surface area contributed by atoms with Crippen LogP contribution in [-0.4, -0.2) is 6.29 Å². The highest BCUT2D eigenvalue weighted by Gasteiger charge is 2.33. The van der Waals surface area contributed by atoms with E-state index >= 15 is 0 Å². The Morgan fingerprint density at radius 1 is 0.472 bits per heavy atom. The summed E-state index contributed by atoms with van der Waals surface area (Å²) in [7, 11) is 0. The predicted octanol–water partition coefficient (Wildman–Crippen LogP) is 9.93. The maximum Gasteiger partial charge on any atom is 0.243 e. The number of aryl methyl sites for hydroxylation is 2. The van der Waals surface area contributed by atoms with Gasteiger partial charge in [0.05, 0.1) is 0 Å². The molecule has 0 aliphatic rings. The van der Waals surface area contributed by atoms with E-state index in [-0.39, 0.29) is 27.6 Å². The van der Waals surface area contributed by atoms with Gasteiger partial charge in [-0.2, -0.15) is 0 Å². The summed E-state index contributed by atoms with van der Waals surface area (Å²) in [6, 6.07) is 9.15. The smallest absolute Gasteiger partial charge is 0.243 e. The molecule has 0 atom stereocenters. The Morgan fingerprint density at radius 2 is 0.694 bits per heavy atom. The summed E-state index contributed by atoms with van der Waals surface area (Å²) in [6.07, 6.45) is -0.417. The minimum Gasteiger partial charge on any atom is -0.454 e. The second-order valence-corrected chi connectivity index (χ2v) is 15.2. The number of hydrogen-bond donors (Lipinski definition) is 0. The first-order valence-electron chi connectivity index (χ1n) is 13.7. The zero-order valence-corrected chi connectivity index (χ0v) is 26.3. The van der Waals surface area contributed by atoms with E-state index in [2.05, 4.69) is 135 Å². The van der Waals surface area contributed by atoms with Crippen molar-refractivity contribution in [1.82, 2.24) is 0 Å². The molecule has 0 heterocycles. The van der Waals surface area contributed by atoms with Gasteiger partial charge in [0.1, 0.15) is 11.5 Å². The van der Waals surface area contributed by atoms with Gasteiger partial charge in [0.25, 0.3) is 0 Å². The van der Waals surface area contributed by atoms with E-state index < -0.39 is 6.29 Å². The van der Waals surface area contributed by atoms with Crippen molar-refractivity contribution >= 4 is 0 Å². The Bertz CT molecular complexity index is 907. The van der Waals surface area contributed by atoms with Gasteiger partial charge in [0, 0.05) is 28.2 Å². The molecule has 2 nitrogen and oxygen atoms in total. The molecule has 0 saturated carbocycles. The molecule has 0 aliphatic carbocycles. The summed E-state index contributed by atoms with van der Waals surface area (Å²) in [5.74, 6) is 2.11. The lowest BCUT2D eigenvalue weighted by molar-refractivity contribution is -0.0340. The highest BCUT2D eigenvalue weighted by molar-refractivity contribution is 5.52. The normalized spacial score (nSPS) is 13.5. The number of hydrogen-bond acceptors (Lipinski definition) is 2. The van der Waals surface area contributed by atoms with Gasteiger partial charge in [-0.3, -0.25) is 0 Å². The average Bonchev–Trinajstić information content (AvgIpc) is 2.65. The Labute approximate surface area is 223 Å². The Morgan fingerprint density at radius 3 is 0.861 bits per heavy atom. The van der Waals surface area contributed by atoms with E-state index in [0.29, 0.717) is 0 Å². The lowest BCUT2D eigenvalue weighted by Gasteiger charge is -2.36. The molecule has 2 aromatic carbocycles. The van der Waals surface area contributed by atoms with Crippen LogP contribution in [-0.2, 0) is 21.7 Å². The van der Waals surface area contributed by atoms with Crippen molar-refractivity contribution in [3.8, 4) is 11.5 Å². The maximum atomic E-state index is 6.99. The van der Waals surface area contributed by atoms with Gasteiger partial charge in [0.2, 0.25) is 6.29 Å². The van der Waals surface area contributed by atoms with E-state index in [1.165, 1.54) is 33.4 Å². The molecule has 0 fully saturated rings. The average molecular weight is 495 g/mol. The zero-order valence-electron chi connectivity index (χ0n) is 26.3. The maximum absolute atomic E-state index is 6.99. The van der Waals surface area contributed by atoms with E-state index in [1.807, 2.05) is 0 Å². The van der Waals surface area contributed by atoms with Crippen LogP contribution in [0.25, 0.3) is 0 Å². The van der Waals surface area contributed by atoms with Crippen LogP contribution in [0.15, 0.2) is 24.3 Å². The fraction of sp³-hybridized carbons (Fsp3) is 0.647. The van der Waals surface area contributed by atoms with Crippen molar-refractivity contribution in [2.24, 2.45) is 5.92 Å². The molecule has 2 heteroatoms. The molecule has 0 amide bonds. The summed E-state index contributed by atoms with van der Waals surface area (Å²) in [4.78, 5) is 0. The zero-order chi connectivity index (χ0) is 28.0. The molecule has 0 aliphatic heterocycles. The summed E-state index contributed by atoms with van der Waals surface area (Å²) >= 11 is 0. The molecule has 2 aromatic rings. The van der Waals surface area contributed by atoms with Gasteiger partial charge in [-0.1, -0.05) is 132 Å². The molecule has 0 saturated heterocycles. The van der Waals surface area contributed by atoms with Gasteiger partial charge in [-0.05, 0) is 35.5 Å². The quantitative estimate of drug-likeness (QED) is 0.385. The van der Waals surface area contributed by atoms with Crippen molar-refractivity contribution in [1.29, 1.82) is 0 Å². The van der Waals surface area contributed by atoms with Crippen LogP contribution in [0.2, 0.25) is 0 Å². The molecular formula is C34H54O2. The highest BCUT2D eigenvalue weighted by Crippen LogP contribution is 2.44. The molecule has 36 heavy (non-hydrogen) atoms. The Hall–Kier alpha value is -1.96. The van der Waals surface area contributed by atoms with Crippen molar-refractivity contribution in [3.63, 3.8) is 0 Å². The SMILES string of the molecule is Cc1cc(C(C)(C)C)c(OC(Oc2c(C(C)(C)C)cc(C)cc2C(C)(C)C)C(C)C)c(C(C)(C)C)c1. The minimum atomic E-state index is -0.417. The standard InChI is InChI=1S/C34H54O2/c1-21(2)30(35-28-24(31(5,6)7)17-22(3)18-25(28)32(8,9)10)36-29-26(33(11,12)13)19-23(4)20-27(29)34(14,15)16/h17-21,30H,1-16H3. The second-order valence-electron chi connectivity index (χ2n) is 15.2. The van der Waals surface area contributed by atoms with Gasteiger partial charge in [-0.25, -0.2) is 0 Å². The first kappa shape index (κ1) is 30.3. The van der Waals surface area contributed by atoms with Gasteiger partial charge in [-0.15, -0.1) is 0 Å². The van der Waals surface area contributed by atoms with Crippen LogP contribution in [0.4, 0.5) is 0 Å². The molecule has 0 N–H and O–H groups in total. The summed E-state index contributed by atoms with van der Waals surface area (Å²) in [5, 5.41) is 0. The third-order valence-electron chi connectivity index (χ3n) is 6.71. The third-order valence-corrected chi connectivity index (χ3v) is 6.71. The summed E-state index contributed by atoms with van der Waals surface area (Å²) in [6.45, 7) is 35.9. The van der Waals surface area contributed by atoms with Crippen LogP contribution < -0.4 is 9.47 Å². The number of rotatable bonds is 5. The predicted molar refractivity (Wildman–Crippen MR) is 157 cm³/mol. The Kier molecular flexibility index (Phi) is 8.46. The summed E-state index contributed by atoms with van der Waals surface area (Å²) < 4.78 is 14.0. The fourth-order valence-electron chi connectivity index (χ4n) is 4.56. The fourth-order valence-corrected chi connectivity index (χ4v) is 4.56. The summed E-state index contributed by atoms with van der Waals surface area (Å²) in [5.41, 5.74) is 7.25. The second kappa shape index (κ2) is 10.1. The molecule has 202 valence electrons. The van der Waals surface area contributed by atoms with E-state index in [9.17, 15) is 0 Å². The largest absolute Gasteiger partial charge is 0.454 e. The monoisotopic (exact) mass is 494 g/mol. The van der Waals surface area contributed by atoms with Crippen LogP contribution in [0.5, 0.6) is 11.5 Å². The van der Waals surface area contributed by atoms with E-state index in [0.717, 1.165) is 11.5 Å². The van der Waals surface area contributed by atoms with Crippen LogP contribution in [0.1, 0.15) is 130 Å². The van der Waals surface area contributed by atoms with Crippen molar-refractivity contribution < 1.29 is 9.47 Å². The topological polar surface area (TPSA) is 18.5 Å². The first-order chi connectivity index (χ1) is 16.0. The Balaban J connectivity index is 2.78. The van der Waals surface area contributed by atoms with Crippen LogP contribution in [0.3, 0.4) is 0 Å². The lowest BCUT2D eigenvalue weighted by Crippen LogP contribution is -2.34. The van der Waals surface area contributed by atoms with Crippen LogP contribution in [0, 0.1) is 19.8 Å². The highest BCUT2D eigenvalue weighted by atomic mass is 16.7.